The molecule has 0 radical (unpaired) electrons. The Bertz CT molecular complexity index is 333. The van der Waals surface area contributed by atoms with Crippen LogP contribution in [0.15, 0.2) is 29.2 Å². The second kappa shape index (κ2) is 5.74. The second-order valence-electron chi connectivity index (χ2n) is 4.87. The number of nitrogens with two attached hydrogens (primary N) is 1. The summed E-state index contributed by atoms with van der Waals surface area (Å²) >= 11 is 1.91. The molecule has 1 fully saturated rings. The molecule has 2 N–H and O–H groups in total. The maximum atomic E-state index is 6.16. The number of benzene rings is 1. The van der Waals surface area contributed by atoms with Crippen LogP contribution in [0.25, 0.3) is 0 Å². The monoisotopic (exact) mass is 235 g/mol. The van der Waals surface area contributed by atoms with Crippen LogP contribution in [0.3, 0.4) is 0 Å². The van der Waals surface area contributed by atoms with Crippen LogP contribution in [-0.4, -0.2) is 11.8 Å². The molecule has 1 atom stereocenters. The largest absolute Gasteiger partial charge is 0.327 e. The third kappa shape index (κ3) is 3.26. The Morgan fingerprint density at radius 2 is 2.12 bits per heavy atom. The fourth-order valence-electron chi connectivity index (χ4n) is 2.14. The van der Waals surface area contributed by atoms with E-state index >= 15 is 0 Å². The summed E-state index contributed by atoms with van der Waals surface area (Å²) < 4.78 is 0. The fourth-order valence-corrected chi connectivity index (χ4v) is 3.14. The first-order valence-electron chi connectivity index (χ1n) is 6.19. The summed E-state index contributed by atoms with van der Waals surface area (Å²) in [6.07, 6.45) is 5.45. The fraction of sp³-hybridized carbons (Fsp3) is 0.571. The molecule has 0 bridgehead atoms. The molecule has 0 saturated heterocycles. The zero-order valence-electron chi connectivity index (χ0n) is 9.99. The molecule has 1 aliphatic rings. The standard InChI is InChI=1S/C14H21NS/c1-11-5-2-3-8-14(11)16-10-13(15)9-12-6-4-7-12/h2-3,5,8,12-13H,4,6-7,9-10,15H2,1H3. The highest BCUT2D eigenvalue weighted by atomic mass is 32.2. The van der Waals surface area contributed by atoms with Gasteiger partial charge in [-0.25, -0.2) is 0 Å². The number of aryl methyl sites for hydroxylation is 1. The molecule has 88 valence electrons. The Balaban J connectivity index is 1.75. The van der Waals surface area contributed by atoms with Crippen molar-refractivity contribution >= 4 is 11.8 Å². The molecular weight excluding hydrogens is 214 g/mol. The zero-order valence-corrected chi connectivity index (χ0v) is 10.8. The summed E-state index contributed by atoms with van der Waals surface area (Å²) in [6, 6.07) is 8.92. The molecule has 1 nitrogen and oxygen atoms in total. The summed E-state index contributed by atoms with van der Waals surface area (Å²) in [5.74, 6) is 1.98. The van der Waals surface area contributed by atoms with Gasteiger partial charge in [-0.15, -0.1) is 11.8 Å². The van der Waals surface area contributed by atoms with Crippen LogP contribution < -0.4 is 5.73 Å². The minimum absolute atomic E-state index is 0.370. The van der Waals surface area contributed by atoms with E-state index in [4.69, 9.17) is 5.73 Å². The van der Waals surface area contributed by atoms with E-state index in [2.05, 4.69) is 31.2 Å². The van der Waals surface area contributed by atoms with Gasteiger partial charge in [0.15, 0.2) is 0 Å². The van der Waals surface area contributed by atoms with E-state index in [0.29, 0.717) is 6.04 Å². The van der Waals surface area contributed by atoms with Crippen molar-refractivity contribution < 1.29 is 0 Å². The van der Waals surface area contributed by atoms with Crippen LogP contribution in [0.1, 0.15) is 31.2 Å². The van der Waals surface area contributed by atoms with E-state index in [0.717, 1.165) is 11.7 Å². The van der Waals surface area contributed by atoms with Crippen molar-refractivity contribution in [2.45, 2.75) is 43.5 Å². The smallest absolute Gasteiger partial charge is 0.0136 e. The first-order chi connectivity index (χ1) is 7.75. The molecule has 16 heavy (non-hydrogen) atoms. The summed E-state index contributed by atoms with van der Waals surface area (Å²) in [6.45, 7) is 2.17. The molecule has 0 spiro atoms. The lowest BCUT2D eigenvalue weighted by Gasteiger charge is -2.27. The number of hydrogen-bond acceptors (Lipinski definition) is 2. The lowest BCUT2D eigenvalue weighted by atomic mass is 9.81. The van der Waals surface area contributed by atoms with Gasteiger partial charge in [-0.3, -0.25) is 0 Å². The van der Waals surface area contributed by atoms with E-state index < -0.39 is 0 Å². The van der Waals surface area contributed by atoms with E-state index in [-0.39, 0.29) is 0 Å². The molecule has 0 amide bonds. The number of hydrogen-bond donors (Lipinski definition) is 1. The van der Waals surface area contributed by atoms with E-state index in [1.165, 1.54) is 36.1 Å². The Morgan fingerprint density at radius 3 is 2.75 bits per heavy atom. The average molecular weight is 235 g/mol. The quantitative estimate of drug-likeness (QED) is 0.789. The maximum absolute atomic E-state index is 6.16. The maximum Gasteiger partial charge on any atom is 0.0136 e. The molecule has 1 aromatic rings. The van der Waals surface area contributed by atoms with Gasteiger partial charge in [0, 0.05) is 16.7 Å². The third-order valence-electron chi connectivity index (χ3n) is 3.41. The van der Waals surface area contributed by atoms with Gasteiger partial charge in [0.2, 0.25) is 0 Å². The molecule has 0 heterocycles. The molecule has 2 heteroatoms. The molecule has 1 unspecified atom stereocenters. The van der Waals surface area contributed by atoms with Crippen LogP contribution >= 0.6 is 11.8 Å². The van der Waals surface area contributed by atoms with Crippen molar-refractivity contribution in [3.63, 3.8) is 0 Å². The third-order valence-corrected chi connectivity index (χ3v) is 4.77. The predicted molar refractivity (Wildman–Crippen MR) is 71.8 cm³/mol. The van der Waals surface area contributed by atoms with E-state index in [1.54, 1.807) is 0 Å². The first kappa shape index (κ1) is 12.0. The molecule has 0 aliphatic heterocycles. The van der Waals surface area contributed by atoms with Crippen molar-refractivity contribution in [1.29, 1.82) is 0 Å². The van der Waals surface area contributed by atoms with Crippen molar-refractivity contribution in [1.82, 2.24) is 0 Å². The lowest BCUT2D eigenvalue weighted by Crippen LogP contribution is -2.28. The van der Waals surface area contributed by atoms with Crippen molar-refractivity contribution in [3.8, 4) is 0 Å². The minimum Gasteiger partial charge on any atom is -0.327 e. The van der Waals surface area contributed by atoms with Gasteiger partial charge >= 0.3 is 0 Å². The van der Waals surface area contributed by atoms with E-state index in [1.807, 2.05) is 11.8 Å². The lowest BCUT2D eigenvalue weighted by molar-refractivity contribution is 0.282. The summed E-state index contributed by atoms with van der Waals surface area (Å²) in [4.78, 5) is 1.38. The molecule has 1 aromatic carbocycles. The van der Waals surface area contributed by atoms with E-state index in [9.17, 15) is 0 Å². The predicted octanol–water partition coefficient (Wildman–Crippen LogP) is 3.60. The van der Waals surface area contributed by atoms with Gasteiger partial charge in [-0.05, 0) is 30.9 Å². The second-order valence-corrected chi connectivity index (χ2v) is 5.93. The van der Waals surface area contributed by atoms with Gasteiger partial charge in [-0.1, -0.05) is 37.5 Å². The highest BCUT2D eigenvalue weighted by molar-refractivity contribution is 7.99. The first-order valence-corrected chi connectivity index (χ1v) is 7.18. The normalized spacial score (nSPS) is 18.1. The van der Waals surface area contributed by atoms with Crippen LogP contribution in [-0.2, 0) is 0 Å². The zero-order chi connectivity index (χ0) is 11.4. The average Bonchev–Trinajstić information content (AvgIpc) is 2.22. The van der Waals surface area contributed by atoms with Gasteiger partial charge in [-0.2, -0.15) is 0 Å². The summed E-state index contributed by atoms with van der Waals surface area (Å²) in [5, 5.41) is 0. The molecule has 2 rings (SSSR count). The Kier molecular flexibility index (Phi) is 4.30. The minimum atomic E-state index is 0.370. The van der Waals surface area contributed by atoms with Crippen LogP contribution in [0, 0.1) is 12.8 Å². The molecule has 0 aromatic heterocycles. The molecular formula is C14H21NS. The van der Waals surface area contributed by atoms with Crippen molar-refractivity contribution in [3.05, 3.63) is 29.8 Å². The Hall–Kier alpha value is -0.470. The SMILES string of the molecule is Cc1ccccc1SCC(N)CC1CCC1. The Morgan fingerprint density at radius 1 is 1.38 bits per heavy atom. The molecule has 1 aliphatic carbocycles. The van der Waals surface area contributed by atoms with Crippen molar-refractivity contribution in [2.75, 3.05) is 5.75 Å². The van der Waals surface area contributed by atoms with Crippen LogP contribution in [0.2, 0.25) is 0 Å². The topological polar surface area (TPSA) is 26.0 Å². The van der Waals surface area contributed by atoms with Gasteiger partial charge in [0.05, 0.1) is 0 Å². The van der Waals surface area contributed by atoms with Crippen molar-refractivity contribution in [2.24, 2.45) is 11.7 Å². The summed E-state index contributed by atoms with van der Waals surface area (Å²) in [5.41, 5.74) is 7.53. The molecule has 1 saturated carbocycles. The highest BCUT2D eigenvalue weighted by Gasteiger charge is 2.20. The number of rotatable bonds is 5. The van der Waals surface area contributed by atoms with Gasteiger partial charge < -0.3 is 5.73 Å². The highest BCUT2D eigenvalue weighted by Crippen LogP contribution is 2.31. The van der Waals surface area contributed by atoms with Crippen LogP contribution in [0.5, 0.6) is 0 Å². The van der Waals surface area contributed by atoms with Crippen LogP contribution in [0.4, 0.5) is 0 Å². The number of thioether (sulfide) groups is 1. The Labute approximate surface area is 103 Å². The van der Waals surface area contributed by atoms with Gasteiger partial charge in [0.1, 0.15) is 0 Å². The summed E-state index contributed by atoms with van der Waals surface area (Å²) in [7, 11) is 0. The van der Waals surface area contributed by atoms with Gasteiger partial charge in [0.25, 0.3) is 0 Å².